The number of rotatable bonds is 3. The number of carbonyl (C=O) groups excluding carboxylic acids is 2. The summed E-state index contributed by atoms with van der Waals surface area (Å²) in [5.41, 5.74) is 2.44. The first-order chi connectivity index (χ1) is 16.5. The maximum Gasteiger partial charge on any atom is 0.339 e. The van der Waals surface area contributed by atoms with E-state index in [-0.39, 0.29) is 23.4 Å². The first-order valence-electron chi connectivity index (χ1n) is 10.8. The molecule has 0 saturated carbocycles. The fraction of sp³-hybridized carbons (Fsp3) is 0.154. The van der Waals surface area contributed by atoms with Crippen LogP contribution < -0.4 is 4.74 Å². The van der Waals surface area contributed by atoms with E-state index in [1.54, 1.807) is 35.4 Å². The number of nitrogens with zero attached hydrogens (tertiary/aromatic N) is 3. The van der Waals surface area contributed by atoms with Crippen LogP contribution in [-0.4, -0.2) is 39.8 Å². The number of aromatic nitrogens is 2. The molecule has 0 bridgehead atoms. The third-order valence-corrected chi connectivity index (χ3v) is 6.58. The Bertz CT molecular complexity index is 1470. The van der Waals surface area contributed by atoms with Gasteiger partial charge in [0.2, 0.25) is 5.88 Å². The minimum atomic E-state index is -0.798. The average Bonchev–Trinajstić information content (AvgIpc) is 3.40. The summed E-state index contributed by atoms with van der Waals surface area (Å²) in [5, 5.41) is 0.265. The summed E-state index contributed by atoms with van der Waals surface area (Å²) >= 11 is 6.47. The molecule has 0 aliphatic carbocycles. The predicted octanol–water partition coefficient (Wildman–Crippen LogP) is 4.99. The van der Waals surface area contributed by atoms with Gasteiger partial charge in [0.25, 0.3) is 5.91 Å². The highest BCUT2D eigenvalue weighted by molar-refractivity contribution is 6.34. The molecule has 0 unspecified atom stereocenters. The minimum absolute atomic E-state index is 0.223. The number of hydrogen-bond acceptors (Lipinski definition) is 6. The van der Waals surface area contributed by atoms with Gasteiger partial charge in [0.05, 0.1) is 39.9 Å². The molecule has 8 heteroatoms. The number of benzene rings is 3. The Hall–Kier alpha value is -3.97. The van der Waals surface area contributed by atoms with Crippen LogP contribution in [0.2, 0.25) is 5.02 Å². The SMILES string of the molecule is O=C1O[C@]2(CCN(C(=O)c3ccc(Oc4cnc5ccccc5n4)cc3Cl)C2)c2ccccc21. The van der Waals surface area contributed by atoms with Crippen LogP contribution in [0, 0.1) is 0 Å². The molecule has 1 amide bonds. The lowest BCUT2D eigenvalue weighted by Crippen LogP contribution is -2.34. The fourth-order valence-electron chi connectivity index (χ4n) is 4.62. The Morgan fingerprint density at radius 2 is 1.85 bits per heavy atom. The number of ether oxygens (including phenoxy) is 2. The Kier molecular flexibility index (Phi) is 4.74. The van der Waals surface area contributed by atoms with E-state index in [0.717, 1.165) is 16.6 Å². The molecule has 1 atom stereocenters. The molecule has 6 rings (SSSR count). The Balaban J connectivity index is 1.21. The van der Waals surface area contributed by atoms with Crippen molar-refractivity contribution in [3.05, 3.63) is 94.6 Å². The number of carbonyl (C=O) groups is 2. The zero-order chi connectivity index (χ0) is 23.3. The number of amides is 1. The lowest BCUT2D eigenvalue weighted by molar-refractivity contribution is -0.00306. The molecule has 3 heterocycles. The van der Waals surface area contributed by atoms with Crippen molar-refractivity contribution in [3.8, 4) is 11.6 Å². The van der Waals surface area contributed by atoms with E-state index in [0.29, 0.717) is 35.7 Å². The van der Waals surface area contributed by atoms with Crippen molar-refractivity contribution < 1.29 is 19.1 Å². The summed E-state index contributed by atoms with van der Waals surface area (Å²) < 4.78 is 11.6. The Morgan fingerprint density at radius 3 is 2.71 bits per heavy atom. The molecule has 3 aromatic carbocycles. The summed E-state index contributed by atoms with van der Waals surface area (Å²) in [6, 6.07) is 19.7. The van der Waals surface area contributed by atoms with Crippen LogP contribution in [0.25, 0.3) is 11.0 Å². The van der Waals surface area contributed by atoms with Crippen molar-refractivity contribution in [1.82, 2.24) is 14.9 Å². The van der Waals surface area contributed by atoms with E-state index in [4.69, 9.17) is 21.1 Å². The number of esters is 1. The molecule has 0 N–H and O–H groups in total. The molecular weight excluding hydrogens is 454 g/mol. The van der Waals surface area contributed by atoms with Gasteiger partial charge >= 0.3 is 5.97 Å². The van der Waals surface area contributed by atoms with Crippen molar-refractivity contribution in [2.24, 2.45) is 0 Å². The third-order valence-electron chi connectivity index (χ3n) is 6.26. The van der Waals surface area contributed by atoms with Gasteiger partial charge in [-0.2, -0.15) is 0 Å². The predicted molar refractivity (Wildman–Crippen MR) is 125 cm³/mol. The highest BCUT2D eigenvalue weighted by Crippen LogP contribution is 2.43. The molecule has 1 saturated heterocycles. The molecule has 1 spiro atoms. The Labute approximate surface area is 199 Å². The van der Waals surface area contributed by atoms with Crippen LogP contribution in [0.5, 0.6) is 11.6 Å². The van der Waals surface area contributed by atoms with Crippen molar-refractivity contribution in [2.45, 2.75) is 12.0 Å². The number of likely N-dealkylation sites (tertiary alicyclic amines) is 1. The van der Waals surface area contributed by atoms with Gasteiger partial charge in [-0.25, -0.2) is 14.8 Å². The second kappa shape index (κ2) is 7.81. The second-order valence-corrected chi connectivity index (χ2v) is 8.75. The number of hydrogen-bond donors (Lipinski definition) is 0. The van der Waals surface area contributed by atoms with E-state index in [9.17, 15) is 9.59 Å². The summed E-state index contributed by atoms with van der Waals surface area (Å²) in [5.74, 6) is 0.209. The molecule has 0 radical (unpaired) electrons. The molecule has 7 nitrogen and oxygen atoms in total. The number of para-hydroxylation sites is 2. The summed E-state index contributed by atoms with van der Waals surface area (Å²) in [4.78, 5) is 36.0. The van der Waals surface area contributed by atoms with Crippen LogP contribution in [0.4, 0.5) is 0 Å². The molecule has 2 aliphatic rings. The maximum absolute atomic E-state index is 13.3. The number of halogens is 1. The smallest absolute Gasteiger partial charge is 0.339 e. The molecular formula is C26H18ClN3O4. The molecule has 1 fully saturated rings. The van der Waals surface area contributed by atoms with Gasteiger partial charge in [0, 0.05) is 24.6 Å². The van der Waals surface area contributed by atoms with E-state index in [1.807, 2.05) is 42.5 Å². The second-order valence-electron chi connectivity index (χ2n) is 8.35. The first-order valence-corrected chi connectivity index (χ1v) is 11.2. The van der Waals surface area contributed by atoms with Gasteiger partial charge in [-0.15, -0.1) is 0 Å². The first kappa shape index (κ1) is 20.6. The van der Waals surface area contributed by atoms with E-state index in [2.05, 4.69) is 9.97 Å². The molecule has 2 aliphatic heterocycles. The summed E-state index contributed by atoms with van der Waals surface area (Å²) in [7, 11) is 0. The molecule has 168 valence electrons. The number of fused-ring (bicyclic) bond motifs is 3. The van der Waals surface area contributed by atoms with E-state index < -0.39 is 5.60 Å². The Morgan fingerprint density at radius 1 is 1.06 bits per heavy atom. The van der Waals surface area contributed by atoms with Gasteiger partial charge in [-0.1, -0.05) is 41.9 Å². The lowest BCUT2D eigenvalue weighted by atomic mass is 9.91. The summed E-state index contributed by atoms with van der Waals surface area (Å²) in [6.07, 6.45) is 2.08. The van der Waals surface area contributed by atoms with Crippen LogP contribution in [-0.2, 0) is 10.3 Å². The fourth-order valence-corrected chi connectivity index (χ4v) is 4.87. The minimum Gasteiger partial charge on any atom is -0.449 e. The van der Waals surface area contributed by atoms with Crippen LogP contribution in [0.3, 0.4) is 0 Å². The van der Waals surface area contributed by atoms with Crippen molar-refractivity contribution in [2.75, 3.05) is 13.1 Å². The van der Waals surface area contributed by atoms with Crippen molar-refractivity contribution >= 4 is 34.5 Å². The van der Waals surface area contributed by atoms with Gasteiger partial charge in [0.1, 0.15) is 5.75 Å². The normalized spacial score (nSPS) is 18.9. The van der Waals surface area contributed by atoms with Crippen LogP contribution in [0.1, 0.15) is 32.7 Å². The van der Waals surface area contributed by atoms with Crippen molar-refractivity contribution in [3.63, 3.8) is 0 Å². The van der Waals surface area contributed by atoms with Crippen molar-refractivity contribution in [1.29, 1.82) is 0 Å². The third kappa shape index (κ3) is 3.36. The monoisotopic (exact) mass is 471 g/mol. The van der Waals surface area contributed by atoms with E-state index in [1.165, 1.54) is 0 Å². The molecule has 1 aromatic heterocycles. The van der Waals surface area contributed by atoms with Gasteiger partial charge in [-0.05, 0) is 30.3 Å². The summed E-state index contributed by atoms with van der Waals surface area (Å²) in [6.45, 7) is 0.748. The molecule has 34 heavy (non-hydrogen) atoms. The van der Waals surface area contributed by atoms with Gasteiger partial charge in [0.15, 0.2) is 5.60 Å². The quantitative estimate of drug-likeness (QED) is 0.392. The molecule has 4 aromatic rings. The van der Waals surface area contributed by atoms with Crippen LogP contribution in [0.15, 0.2) is 72.9 Å². The maximum atomic E-state index is 13.3. The lowest BCUT2D eigenvalue weighted by Gasteiger charge is -2.24. The van der Waals surface area contributed by atoms with E-state index >= 15 is 0 Å². The van der Waals surface area contributed by atoms with Gasteiger partial charge < -0.3 is 14.4 Å². The average molecular weight is 472 g/mol. The zero-order valence-corrected chi connectivity index (χ0v) is 18.7. The largest absolute Gasteiger partial charge is 0.449 e. The highest BCUT2D eigenvalue weighted by Gasteiger charge is 2.51. The standard InChI is InChI=1S/C26H18ClN3O4/c27-20-13-16(33-23-14-28-21-7-3-4-8-22(21)29-23)9-10-18(20)24(31)30-12-11-26(15-30)19-6-2-1-5-17(19)25(32)34-26/h1-10,13-14H,11-12,15H2/t26-/m0/s1. The van der Waals surface area contributed by atoms with Crippen LogP contribution >= 0.6 is 11.6 Å². The topological polar surface area (TPSA) is 81.6 Å². The zero-order valence-electron chi connectivity index (χ0n) is 17.9. The highest BCUT2D eigenvalue weighted by atomic mass is 35.5. The van der Waals surface area contributed by atoms with Gasteiger partial charge in [-0.3, -0.25) is 4.79 Å².